The number of anilines is 1. The van der Waals surface area contributed by atoms with Crippen molar-refractivity contribution in [3.05, 3.63) is 83.2 Å². The summed E-state index contributed by atoms with van der Waals surface area (Å²) in [5.41, 5.74) is 5.80. The van der Waals surface area contributed by atoms with Gasteiger partial charge in [0, 0.05) is 31.4 Å². The molecule has 3 N–H and O–H groups in total. The number of para-hydroxylation sites is 1. The molecule has 0 saturated carbocycles. The summed E-state index contributed by atoms with van der Waals surface area (Å²) in [7, 11) is 0. The van der Waals surface area contributed by atoms with E-state index in [2.05, 4.69) is 51.0 Å². The SMILES string of the molecule is Cc1ccc(O)c(Cn2c(NC3CCN(CC(O)Cc4ccccc4)CC3)nc3c(C)cccc32)n1. The molecule has 1 atom stereocenters. The summed E-state index contributed by atoms with van der Waals surface area (Å²) in [6, 6.07) is 20.2. The van der Waals surface area contributed by atoms with E-state index in [4.69, 9.17) is 4.98 Å². The largest absolute Gasteiger partial charge is 0.506 e. The number of fused-ring (bicyclic) bond motifs is 1. The lowest BCUT2D eigenvalue weighted by atomic mass is 10.0. The van der Waals surface area contributed by atoms with Crippen LogP contribution in [0.25, 0.3) is 11.0 Å². The second-order valence-corrected chi connectivity index (χ2v) is 9.95. The van der Waals surface area contributed by atoms with E-state index in [0.717, 1.165) is 54.2 Å². The summed E-state index contributed by atoms with van der Waals surface area (Å²) in [6.45, 7) is 7.01. The van der Waals surface area contributed by atoms with Gasteiger partial charge in [-0.2, -0.15) is 0 Å². The van der Waals surface area contributed by atoms with Crippen molar-refractivity contribution in [2.45, 2.75) is 51.8 Å². The molecule has 0 aliphatic carbocycles. The number of pyridine rings is 1. The van der Waals surface area contributed by atoms with Crippen molar-refractivity contribution >= 4 is 17.0 Å². The van der Waals surface area contributed by atoms with Crippen LogP contribution in [-0.2, 0) is 13.0 Å². The molecule has 1 aliphatic rings. The third-order valence-electron chi connectivity index (χ3n) is 7.08. The molecule has 0 spiro atoms. The van der Waals surface area contributed by atoms with Crippen molar-refractivity contribution in [1.29, 1.82) is 0 Å². The van der Waals surface area contributed by atoms with Crippen LogP contribution in [0.15, 0.2) is 60.7 Å². The van der Waals surface area contributed by atoms with Crippen LogP contribution in [0, 0.1) is 13.8 Å². The van der Waals surface area contributed by atoms with Crippen molar-refractivity contribution in [3.8, 4) is 5.75 Å². The first-order chi connectivity index (χ1) is 17.5. The number of aromatic nitrogens is 3. The second kappa shape index (κ2) is 10.7. The standard InChI is InChI=1S/C29H35N5O2/c1-20-7-6-10-26-28(20)32-29(34(26)19-25-27(36)12-11-21(2)30-25)31-23-13-15-33(16-14-23)18-24(35)17-22-8-4-3-5-9-22/h3-12,23-24,35-36H,13-19H2,1-2H3,(H,31,32). The Morgan fingerprint density at radius 1 is 0.972 bits per heavy atom. The van der Waals surface area contributed by atoms with Crippen LogP contribution >= 0.6 is 0 Å². The average Bonchev–Trinajstić information content (AvgIpc) is 3.21. The fraction of sp³-hybridized carbons (Fsp3) is 0.379. The highest BCUT2D eigenvalue weighted by atomic mass is 16.3. The molecule has 1 aliphatic heterocycles. The molecule has 0 radical (unpaired) electrons. The third-order valence-corrected chi connectivity index (χ3v) is 7.08. The number of aliphatic hydroxyl groups excluding tert-OH is 1. The topological polar surface area (TPSA) is 86.4 Å². The minimum atomic E-state index is -0.362. The van der Waals surface area contributed by atoms with Crippen molar-refractivity contribution in [1.82, 2.24) is 19.4 Å². The number of β-amino-alcohol motifs (C(OH)–C–C–N with tert-alkyl or cyclic N) is 1. The summed E-state index contributed by atoms with van der Waals surface area (Å²) in [6.07, 6.45) is 2.28. The van der Waals surface area contributed by atoms with Gasteiger partial charge < -0.3 is 25.0 Å². The number of benzene rings is 2. The van der Waals surface area contributed by atoms with Crippen LogP contribution in [0.4, 0.5) is 5.95 Å². The quantitative estimate of drug-likeness (QED) is 0.345. The van der Waals surface area contributed by atoms with Gasteiger partial charge in [0.15, 0.2) is 0 Å². The lowest BCUT2D eigenvalue weighted by molar-refractivity contribution is 0.0989. The summed E-state index contributed by atoms with van der Waals surface area (Å²) in [4.78, 5) is 11.9. The molecular formula is C29H35N5O2. The van der Waals surface area contributed by atoms with Gasteiger partial charge in [0.25, 0.3) is 0 Å². The van der Waals surface area contributed by atoms with Gasteiger partial charge in [-0.25, -0.2) is 4.98 Å². The predicted octanol–water partition coefficient (Wildman–Crippen LogP) is 4.28. The molecule has 1 unspecified atom stereocenters. The van der Waals surface area contributed by atoms with Gasteiger partial charge in [-0.05, 0) is 62.4 Å². The zero-order valence-corrected chi connectivity index (χ0v) is 21.1. The van der Waals surface area contributed by atoms with Gasteiger partial charge in [-0.3, -0.25) is 4.98 Å². The van der Waals surface area contributed by atoms with Crippen molar-refractivity contribution in [3.63, 3.8) is 0 Å². The highest BCUT2D eigenvalue weighted by Gasteiger charge is 2.23. The molecule has 0 bridgehead atoms. The number of aromatic hydroxyl groups is 1. The summed E-state index contributed by atoms with van der Waals surface area (Å²) in [5.74, 6) is 1.01. The smallest absolute Gasteiger partial charge is 0.204 e. The monoisotopic (exact) mass is 485 g/mol. The van der Waals surface area contributed by atoms with Gasteiger partial charge in [-0.15, -0.1) is 0 Å². The molecule has 5 rings (SSSR count). The lowest BCUT2D eigenvalue weighted by Gasteiger charge is -2.33. The maximum absolute atomic E-state index is 10.6. The predicted molar refractivity (Wildman–Crippen MR) is 143 cm³/mol. The first-order valence-electron chi connectivity index (χ1n) is 12.8. The molecule has 1 fully saturated rings. The number of hydrogen-bond donors (Lipinski definition) is 3. The van der Waals surface area contributed by atoms with Crippen LogP contribution < -0.4 is 5.32 Å². The first kappa shape index (κ1) is 24.3. The number of likely N-dealkylation sites (tertiary alicyclic amines) is 1. The molecule has 2 aromatic carbocycles. The van der Waals surface area contributed by atoms with Crippen molar-refractivity contribution in [2.24, 2.45) is 0 Å². The average molecular weight is 486 g/mol. The molecule has 36 heavy (non-hydrogen) atoms. The van der Waals surface area contributed by atoms with E-state index in [-0.39, 0.29) is 11.9 Å². The number of imidazole rings is 1. The molecule has 0 amide bonds. The van der Waals surface area contributed by atoms with Crippen LogP contribution in [0.3, 0.4) is 0 Å². The van der Waals surface area contributed by atoms with Crippen molar-refractivity contribution < 1.29 is 10.2 Å². The lowest BCUT2D eigenvalue weighted by Crippen LogP contribution is -2.43. The molecule has 7 nitrogen and oxygen atoms in total. The Morgan fingerprint density at radius 3 is 2.53 bits per heavy atom. The van der Waals surface area contributed by atoms with Gasteiger partial charge >= 0.3 is 0 Å². The number of aryl methyl sites for hydroxylation is 2. The van der Waals surface area contributed by atoms with Crippen molar-refractivity contribution in [2.75, 3.05) is 25.0 Å². The van der Waals surface area contributed by atoms with Crippen LogP contribution in [0.2, 0.25) is 0 Å². The maximum atomic E-state index is 10.6. The van der Waals surface area contributed by atoms with E-state index in [9.17, 15) is 10.2 Å². The minimum Gasteiger partial charge on any atom is -0.506 e. The minimum absolute atomic E-state index is 0.198. The van der Waals surface area contributed by atoms with E-state index in [1.807, 2.05) is 37.3 Å². The summed E-state index contributed by atoms with van der Waals surface area (Å²) in [5, 5.41) is 24.7. The second-order valence-electron chi connectivity index (χ2n) is 9.95. The Labute approximate surface area is 212 Å². The number of hydrogen-bond acceptors (Lipinski definition) is 6. The Bertz CT molecular complexity index is 1310. The van der Waals surface area contributed by atoms with Crippen LogP contribution in [-0.4, -0.2) is 61.4 Å². The summed E-state index contributed by atoms with van der Waals surface area (Å²) >= 11 is 0. The Hall–Kier alpha value is -3.42. The number of piperidine rings is 1. The molecule has 7 heteroatoms. The summed E-state index contributed by atoms with van der Waals surface area (Å²) < 4.78 is 2.12. The first-order valence-corrected chi connectivity index (χ1v) is 12.8. The van der Waals surface area contributed by atoms with Gasteiger partial charge in [0.1, 0.15) is 11.4 Å². The van der Waals surface area contributed by atoms with Gasteiger partial charge in [0.05, 0.1) is 23.7 Å². The van der Waals surface area contributed by atoms with Crippen LogP contribution in [0.1, 0.15) is 35.4 Å². The molecule has 2 aromatic heterocycles. The van der Waals surface area contributed by atoms with E-state index >= 15 is 0 Å². The highest BCUT2D eigenvalue weighted by Crippen LogP contribution is 2.27. The molecular weight excluding hydrogens is 450 g/mol. The van der Waals surface area contributed by atoms with Crippen LogP contribution in [0.5, 0.6) is 5.75 Å². The van der Waals surface area contributed by atoms with Gasteiger partial charge in [-0.1, -0.05) is 42.5 Å². The van der Waals surface area contributed by atoms with E-state index in [1.54, 1.807) is 6.07 Å². The fourth-order valence-electron chi connectivity index (χ4n) is 5.12. The zero-order valence-electron chi connectivity index (χ0n) is 21.1. The fourth-order valence-corrected chi connectivity index (χ4v) is 5.12. The molecule has 188 valence electrons. The molecule has 1 saturated heterocycles. The Morgan fingerprint density at radius 2 is 1.75 bits per heavy atom. The normalized spacial score (nSPS) is 15.9. The van der Waals surface area contributed by atoms with E-state index in [0.29, 0.717) is 31.2 Å². The maximum Gasteiger partial charge on any atom is 0.204 e. The Balaban J connectivity index is 1.27. The van der Waals surface area contributed by atoms with E-state index in [1.165, 1.54) is 5.56 Å². The van der Waals surface area contributed by atoms with Gasteiger partial charge in [0.2, 0.25) is 5.95 Å². The van der Waals surface area contributed by atoms with E-state index < -0.39 is 0 Å². The number of nitrogens with zero attached hydrogens (tertiary/aromatic N) is 4. The molecule has 3 heterocycles. The molecule has 4 aromatic rings. The number of aliphatic hydroxyl groups is 1. The number of nitrogens with one attached hydrogen (secondary N) is 1. The third kappa shape index (κ3) is 5.53. The Kier molecular flexibility index (Phi) is 7.20. The number of rotatable bonds is 8. The zero-order chi connectivity index (χ0) is 25.1. The highest BCUT2D eigenvalue weighted by molar-refractivity contribution is 5.82.